The number of hydrogen-bond acceptors (Lipinski definition) is 5. The summed E-state index contributed by atoms with van der Waals surface area (Å²) in [5.74, 6) is -1.42. The number of carbonyl (C=O) groups is 2. The molecule has 0 saturated carbocycles. The van der Waals surface area contributed by atoms with Gasteiger partial charge < -0.3 is 15.6 Å². The van der Waals surface area contributed by atoms with Crippen LogP contribution in [0, 0.1) is 5.92 Å². The molecule has 0 aliphatic rings. The molecule has 0 aromatic rings. The van der Waals surface area contributed by atoms with Gasteiger partial charge in [-0.2, -0.15) is 0 Å². The number of esters is 1. The molecule has 0 radical (unpaired) electrons. The van der Waals surface area contributed by atoms with Crippen LogP contribution in [0.1, 0.15) is 46.5 Å². The molecule has 2 atom stereocenters. The molecular weight excluding hydrogens is 260 g/mol. The first-order valence-electron chi connectivity index (χ1n) is 6.99. The quantitative estimate of drug-likeness (QED) is 0.335. The Bertz CT molecular complexity index is 366. The topological polar surface area (TPSA) is 116 Å². The van der Waals surface area contributed by atoms with E-state index in [1.54, 1.807) is 13.8 Å². The van der Waals surface area contributed by atoms with Crippen LogP contribution in [0.5, 0.6) is 0 Å². The zero-order chi connectivity index (χ0) is 15.7. The van der Waals surface area contributed by atoms with Crippen LogP contribution in [0.3, 0.4) is 0 Å². The zero-order valence-electron chi connectivity index (χ0n) is 12.5. The number of ether oxygens (including phenoxy) is 1. The van der Waals surface area contributed by atoms with Gasteiger partial charge in [0.1, 0.15) is 0 Å². The fourth-order valence-electron chi connectivity index (χ4n) is 1.81. The molecule has 0 heterocycles. The molecular formula is C14H26N2O4. The Morgan fingerprint density at radius 3 is 2.10 bits per heavy atom. The summed E-state index contributed by atoms with van der Waals surface area (Å²) in [6, 6.07) is 0. The molecule has 0 amide bonds. The first-order chi connectivity index (χ1) is 9.37. The summed E-state index contributed by atoms with van der Waals surface area (Å²) >= 11 is 0. The van der Waals surface area contributed by atoms with Gasteiger partial charge in [-0.25, -0.2) is 9.59 Å². The van der Waals surface area contributed by atoms with Crippen LogP contribution < -0.4 is 11.5 Å². The zero-order valence-corrected chi connectivity index (χ0v) is 12.5. The van der Waals surface area contributed by atoms with Crippen LogP contribution in [0.15, 0.2) is 11.1 Å². The van der Waals surface area contributed by atoms with Crippen LogP contribution >= 0.6 is 0 Å². The fourth-order valence-corrected chi connectivity index (χ4v) is 1.81. The highest BCUT2D eigenvalue weighted by Gasteiger charge is 2.21. The molecule has 0 aliphatic heterocycles. The Morgan fingerprint density at radius 1 is 1.15 bits per heavy atom. The van der Waals surface area contributed by atoms with E-state index >= 15 is 0 Å². The number of nitrogens with two attached hydrogens (primary N) is 2. The van der Waals surface area contributed by atoms with Gasteiger partial charge in [0.05, 0.1) is 0 Å². The normalized spacial score (nSPS) is 15.2. The maximum Gasteiger partial charge on any atom is 0.336 e. The van der Waals surface area contributed by atoms with Crippen molar-refractivity contribution in [1.82, 2.24) is 0 Å². The van der Waals surface area contributed by atoms with E-state index in [1.807, 2.05) is 6.92 Å². The van der Waals surface area contributed by atoms with Crippen LogP contribution in [-0.2, 0) is 14.3 Å². The van der Waals surface area contributed by atoms with Crippen molar-refractivity contribution >= 4 is 11.9 Å². The van der Waals surface area contributed by atoms with Crippen LogP contribution in [-0.4, -0.2) is 29.8 Å². The molecule has 0 spiro atoms. The Morgan fingerprint density at radius 2 is 1.70 bits per heavy atom. The molecule has 2 unspecified atom stereocenters. The minimum atomic E-state index is -1.09. The van der Waals surface area contributed by atoms with E-state index in [0.717, 1.165) is 6.42 Å². The molecule has 0 fully saturated rings. The Hall–Kier alpha value is -1.40. The standard InChI is InChI=1S/C14H26N2O4/c1-4-10(13(17)18)11(5-2)14(19)20-12(16)7-6-9(3)8-15/h9,12H,4-8,15-16H2,1-3H3,(H,17,18)/b11-10-. The smallest absolute Gasteiger partial charge is 0.336 e. The summed E-state index contributed by atoms with van der Waals surface area (Å²) in [7, 11) is 0. The molecule has 6 nitrogen and oxygen atoms in total. The lowest BCUT2D eigenvalue weighted by atomic mass is 10.0. The van der Waals surface area contributed by atoms with Gasteiger partial charge in [-0.15, -0.1) is 0 Å². The van der Waals surface area contributed by atoms with Crippen molar-refractivity contribution in [1.29, 1.82) is 0 Å². The Balaban J connectivity index is 4.68. The maximum atomic E-state index is 12.0. The predicted molar refractivity (Wildman–Crippen MR) is 76.8 cm³/mol. The van der Waals surface area contributed by atoms with Crippen molar-refractivity contribution in [2.45, 2.75) is 52.7 Å². The number of hydrogen-bond donors (Lipinski definition) is 3. The third-order valence-corrected chi connectivity index (χ3v) is 3.18. The molecule has 20 heavy (non-hydrogen) atoms. The second kappa shape index (κ2) is 9.50. The molecule has 116 valence electrons. The molecule has 0 aliphatic carbocycles. The van der Waals surface area contributed by atoms with Gasteiger partial charge in [0.15, 0.2) is 6.23 Å². The number of carbonyl (C=O) groups excluding carboxylic acids is 1. The average molecular weight is 286 g/mol. The second-order valence-electron chi connectivity index (χ2n) is 4.83. The summed E-state index contributed by atoms with van der Waals surface area (Å²) in [5, 5.41) is 9.06. The summed E-state index contributed by atoms with van der Waals surface area (Å²) in [5.41, 5.74) is 11.5. The number of rotatable bonds is 9. The highest BCUT2D eigenvalue weighted by atomic mass is 16.6. The van der Waals surface area contributed by atoms with E-state index in [2.05, 4.69) is 0 Å². The van der Waals surface area contributed by atoms with E-state index < -0.39 is 18.2 Å². The van der Waals surface area contributed by atoms with Gasteiger partial charge in [-0.3, -0.25) is 5.73 Å². The first kappa shape index (κ1) is 18.6. The van der Waals surface area contributed by atoms with E-state index in [-0.39, 0.29) is 17.6 Å². The predicted octanol–water partition coefficient (Wildman–Crippen LogP) is 1.39. The van der Waals surface area contributed by atoms with Crippen molar-refractivity contribution in [3.63, 3.8) is 0 Å². The lowest BCUT2D eigenvalue weighted by Crippen LogP contribution is -2.29. The monoisotopic (exact) mass is 286 g/mol. The minimum Gasteiger partial charge on any atom is -0.478 e. The maximum absolute atomic E-state index is 12.0. The molecule has 0 rings (SSSR count). The van der Waals surface area contributed by atoms with Crippen molar-refractivity contribution in [3.05, 3.63) is 11.1 Å². The van der Waals surface area contributed by atoms with Gasteiger partial charge >= 0.3 is 11.9 Å². The third kappa shape index (κ3) is 6.16. The largest absolute Gasteiger partial charge is 0.478 e. The summed E-state index contributed by atoms with van der Waals surface area (Å²) < 4.78 is 5.11. The van der Waals surface area contributed by atoms with E-state index in [0.29, 0.717) is 25.3 Å². The summed E-state index contributed by atoms with van der Waals surface area (Å²) in [4.78, 5) is 23.0. The van der Waals surface area contributed by atoms with Crippen LogP contribution in [0.25, 0.3) is 0 Å². The molecule has 0 aromatic carbocycles. The molecule has 5 N–H and O–H groups in total. The molecule has 0 aromatic heterocycles. The van der Waals surface area contributed by atoms with Gasteiger partial charge in [0, 0.05) is 11.1 Å². The minimum absolute atomic E-state index is 0.0834. The lowest BCUT2D eigenvalue weighted by Gasteiger charge is -2.17. The number of carboxylic acid groups (broad SMARTS) is 1. The Kier molecular flexibility index (Phi) is 8.83. The van der Waals surface area contributed by atoms with Crippen molar-refractivity contribution in [2.24, 2.45) is 17.4 Å². The highest BCUT2D eigenvalue weighted by Crippen LogP contribution is 2.16. The third-order valence-electron chi connectivity index (χ3n) is 3.18. The van der Waals surface area contributed by atoms with Crippen molar-refractivity contribution < 1.29 is 19.4 Å². The van der Waals surface area contributed by atoms with Gasteiger partial charge in [0.25, 0.3) is 0 Å². The SMILES string of the molecule is CC/C(C(=O)O)=C(\CC)C(=O)OC(N)CCC(C)CN. The highest BCUT2D eigenvalue weighted by molar-refractivity contribution is 5.99. The van der Waals surface area contributed by atoms with Crippen molar-refractivity contribution in [2.75, 3.05) is 6.54 Å². The molecule has 6 heteroatoms. The van der Waals surface area contributed by atoms with Crippen LogP contribution in [0.2, 0.25) is 0 Å². The van der Waals surface area contributed by atoms with E-state index in [1.165, 1.54) is 0 Å². The van der Waals surface area contributed by atoms with Crippen molar-refractivity contribution in [3.8, 4) is 0 Å². The average Bonchev–Trinajstić information content (AvgIpc) is 2.40. The summed E-state index contributed by atoms with van der Waals surface area (Å²) in [6.45, 7) is 5.96. The second-order valence-corrected chi connectivity index (χ2v) is 4.83. The molecule has 0 bridgehead atoms. The summed E-state index contributed by atoms with van der Waals surface area (Å²) in [6.07, 6.45) is 1.11. The van der Waals surface area contributed by atoms with E-state index in [4.69, 9.17) is 21.3 Å². The van der Waals surface area contributed by atoms with Gasteiger partial charge in [-0.1, -0.05) is 20.8 Å². The lowest BCUT2D eigenvalue weighted by molar-refractivity contribution is -0.145. The first-order valence-corrected chi connectivity index (χ1v) is 6.99. The molecule has 0 saturated heterocycles. The number of aliphatic carboxylic acids is 1. The Labute approximate surface area is 120 Å². The van der Waals surface area contributed by atoms with Gasteiger partial charge in [-0.05, 0) is 38.1 Å². The number of carboxylic acids is 1. The van der Waals surface area contributed by atoms with E-state index in [9.17, 15) is 9.59 Å². The van der Waals surface area contributed by atoms with Gasteiger partial charge in [0.2, 0.25) is 0 Å². The van der Waals surface area contributed by atoms with Crippen LogP contribution in [0.4, 0.5) is 0 Å². The fraction of sp³-hybridized carbons (Fsp3) is 0.714.